The van der Waals surface area contributed by atoms with E-state index in [0.717, 1.165) is 15.4 Å². The van der Waals surface area contributed by atoms with Gasteiger partial charge in [0, 0.05) is 0 Å². The smallest absolute Gasteiger partial charge is 0.273 e. The molecule has 48 valence electrons. The molecule has 0 bridgehead atoms. The second-order valence-corrected chi connectivity index (χ2v) is 2.12. The number of rotatable bonds is 0. The van der Waals surface area contributed by atoms with Gasteiger partial charge in [-0.1, -0.05) is 38.5 Å². The average Bonchev–Trinajstić information content (AvgIpc) is 1.96. The van der Waals surface area contributed by atoms with Crippen LogP contribution >= 0.6 is 10.0 Å². The number of hydrogen-bond donors (Lipinski definition) is 0. The molecule has 0 aliphatic heterocycles. The number of halogens is 1. The second-order valence-electron chi connectivity index (χ2n) is 2.12. The van der Waals surface area contributed by atoms with Gasteiger partial charge in [0.2, 0.25) is 0 Å². The van der Waals surface area contributed by atoms with Crippen molar-refractivity contribution in [1.29, 1.82) is 0 Å². The summed E-state index contributed by atoms with van der Waals surface area (Å²) >= 11 is 0.778. The van der Waals surface area contributed by atoms with Crippen molar-refractivity contribution in [3.63, 3.8) is 0 Å². The van der Waals surface area contributed by atoms with E-state index in [1.165, 1.54) is 38.5 Å². The highest BCUT2D eigenvalue weighted by Crippen LogP contribution is 2.15. The Morgan fingerprint density at radius 1 is 0.625 bits per heavy atom. The highest BCUT2D eigenvalue weighted by atomic mass is 35.6. The predicted molar refractivity (Wildman–Crippen MR) is 42.1 cm³/mol. The van der Waals surface area contributed by atoms with Crippen molar-refractivity contribution in [2.45, 2.75) is 38.5 Å². The van der Waals surface area contributed by atoms with E-state index in [2.05, 4.69) is 0 Å². The molecule has 0 amide bonds. The minimum atomic E-state index is 0.778. The predicted octanol–water partition coefficient (Wildman–Crippen LogP) is 2.11. The molecule has 1 saturated carbocycles. The van der Waals surface area contributed by atoms with Crippen LogP contribution in [0.25, 0.3) is 0 Å². The van der Waals surface area contributed by atoms with Crippen molar-refractivity contribution in [3.8, 4) is 0 Å². The summed E-state index contributed by atoms with van der Waals surface area (Å²) in [7, 11) is 4.78. The minimum absolute atomic E-state index is 0.778. The summed E-state index contributed by atoms with van der Waals surface area (Å²) in [6.45, 7) is 0. The zero-order chi connectivity index (χ0) is 6.24. The molecule has 0 heterocycles. The van der Waals surface area contributed by atoms with Crippen LogP contribution in [-0.4, -0.2) is 15.4 Å². The lowest BCUT2D eigenvalue weighted by atomic mass is 10.0. The quantitative estimate of drug-likeness (QED) is 0.462. The van der Waals surface area contributed by atoms with Crippen LogP contribution in [0.4, 0.5) is 0 Å². The van der Waals surface area contributed by atoms with Gasteiger partial charge in [-0.05, 0) is 0 Å². The molecule has 0 aromatic carbocycles. The van der Waals surface area contributed by atoms with E-state index in [1.54, 1.807) is 0 Å². The van der Waals surface area contributed by atoms with E-state index >= 15 is 0 Å². The molecular weight excluding hydrogens is 135 g/mol. The SMILES string of the molecule is C1CCCCC1.[AlH2][Cl]. The second kappa shape index (κ2) is 7.82. The fourth-order valence-electron chi connectivity index (χ4n) is 1.06. The molecule has 8 heavy (non-hydrogen) atoms. The monoisotopic (exact) mass is 148 g/mol. The van der Waals surface area contributed by atoms with Crippen molar-refractivity contribution < 1.29 is 0 Å². The molecule has 0 nitrogen and oxygen atoms in total. The maximum absolute atomic E-state index is 4.78. The Hall–Kier alpha value is 0.822. The van der Waals surface area contributed by atoms with Gasteiger partial charge in [-0.25, -0.2) is 0 Å². The number of hydrogen-bond acceptors (Lipinski definition) is 0. The molecule has 2 heteroatoms. The molecule has 0 aromatic heterocycles. The first-order chi connectivity index (χ1) is 4.00. The van der Waals surface area contributed by atoms with Gasteiger partial charge in [0.05, 0.1) is 0 Å². The van der Waals surface area contributed by atoms with Crippen LogP contribution in [-0.2, 0) is 0 Å². The van der Waals surface area contributed by atoms with Gasteiger partial charge in [0.25, 0.3) is 0 Å². The Balaban J connectivity index is 0.000000222. The Kier molecular flexibility index (Phi) is 8.63. The summed E-state index contributed by atoms with van der Waals surface area (Å²) in [5.74, 6) is 0. The zero-order valence-electron chi connectivity index (χ0n) is 5.62. The maximum atomic E-state index is 4.78. The van der Waals surface area contributed by atoms with E-state index in [1.807, 2.05) is 0 Å². The van der Waals surface area contributed by atoms with Gasteiger partial charge in [-0.15, -0.1) is 0 Å². The summed E-state index contributed by atoms with van der Waals surface area (Å²) in [5, 5.41) is 0. The van der Waals surface area contributed by atoms with Crippen molar-refractivity contribution >= 4 is 25.4 Å². The largest absolute Gasteiger partial charge is 0.353 e. The van der Waals surface area contributed by atoms with Crippen molar-refractivity contribution in [2.24, 2.45) is 0 Å². The van der Waals surface area contributed by atoms with E-state index < -0.39 is 0 Å². The van der Waals surface area contributed by atoms with Gasteiger partial charge >= 0.3 is 15.4 Å². The van der Waals surface area contributed by atoms with Crippen LogP contribution in [0.5, 0.6) is 0 Å². The summed E-state index contributed by atoms with van der Waals surface area (Å²) < 4.78 is 0. The van der Waals surface area contributed by atoms with E-state index in [0.29, 0.717) is 0 Å². The first-order valence-corrected chi connectivity index (χ1v) is 6.40. The molecule has 1 aliphatic rings. The van der Waals surface area contributed by atoms with Gasteiger partial charge in [-0.2, -0.15) is 0 Å². The van der Waals surface area contributed by atoms with E-state index in [-0.39, 0.29) is 0 Å². The third-order valence-electron chi connectivity index (χ3n) is 1.50. The molecular formula is C6H14AlCl. The molecule has 0 radical (unpaired) electrons. The minimum Gasteiger partial charge on any atom is -0.273 e. The van der Waals surface area contributed by atoms with Gasteiger partial charge in [-0.3, -0.25) is 10.0 Å². The topological polar surface area (TPSA) is 0 Å². The average molecular weight is 149 g/mol. The molecule has 1 fully saturated rings. The molecule has 0 N–H and O–H groups in total. The van der Waals surface area contributed by atoms with Gasteiger partial charge in [0.1, 0.15) is 0 Å². The molecule has 1 rings (SSSR count). The molecule has 0 spiro atoms. The normalized spacial score (nSPS) is 18.6. The van der Waals surface area contributed by atoms with Crippen LogP contribution < -0.4 is 0 Å². The lowest BCUT2D eigenvalue weighted by Gasteiger charge is -2.05. The molecule has 0 saturated heterocycles. The lowest BCUT2D eigenvalue weighted by Crippen LogP contribution is -1.85. The summed E-state index contributed by atoms with van der Waals surface area (Å²) in [4.78, 5) is 0. The first kappa shape index (κ1) is 8.82. The van der Waals surface area contributed by atoms with Crippen LogP contribution in [0.15, 0.2) is 0 Å². The van der Waals surface area contributed by atoms with Crippen molar-refractivity contribution in [3.05, 3.63) is 0 Å². The third kappa shape index (κ3) is 4.97. The van der Waals surface area contributed by atoms with E-state index in [9.17, 15) is 0 Å². The Bertz CT molecular complexity index is 24.0. The standard InChI is InChI=1S/C6H12.Al.ClH.2H/c1-2-4-6-5-3-1;;;;/h1-6H2;;1H;;/q;+1;;;/p-1. The van der Waals surface area contributed by atoms with Crippen LogP contribution in [0.1, 0.15) is 38.5 Å². The molecule has 1 aliphatic carbocycles. The Morgan fingerprint density at radius 3 is 0.875 bits per heavy atom. The summed E-state index contributed by atoms with van der Waals surface area (Å²) in [5.41, 5.74) is 0. The fourth-order valence-corrected chi connectivity index (χ4v) is 1.06. The third-order valence-corrected chi connectivity index (χ3v) is 1.50. The zero-order valence-corrected chi connectivity index (χ0v) is 8.38. The Labute approximate surface area is 64.2 Å². The van der Waals surface area contributed by atoms with Gasteiger partial charge < -0.3 is 0 Å². The Morgan fingerprint density at radius 2 is 0.750 bits per heavy atom. The first-order valence-electron chi connectivity index (χ1n) is 3.38. The molecule has 0 unspecified atom stereocenters. The van der Waals surface area contributed by atoms with Crippen molar-refractivity contribution in [2.75, 3.05) is 0 Å². The van der Waals surface area contributed by atoms with Crippen LogP contribution in [0.3, 0.4) is 0 Å². The molecule has 0 aromatic rings. The molecule has 0 atom stereocenters. The van der Waals surface area contributed by atoms with Crippen LogP contribution in [0.2, 0.25) is 0 Å². The van der Waals surface area contributed by atoms with E-state index in [4.69, 9.17) is 10.0 Å². The van der Waals surface area contributed by atoms with Crippen LogP contribution in [0, 0.1) is 0 Å². The highest BCUT2D eigenvalue weighted by molar-refractivity contribution is 6.80. The summed E-state index contributed by atoms with van der Waals surface area (Å²) in [6, 6.07) is 0. The lowest BCUT2D eigenvalue weighted by molar-refractivity contribution is 0.504. The fraction of sp³-hybridized carbons (Fsp3) is 1.00. The van der Waals surface area contributed by atoms with Crippen molar-refractivity contribution in [1.82, 2.24) is 0 Å². The maximum Gasteiger partial charge on any atom is 0.353 e. The highest BCUT2D eigenvalue weighted by Gasteiger charge is 1.95. The summed E-state index contributed by atoms with van der Waals surface area (Å²) in [6.07, 6.45) is 9.00. The van der Waals surface area contributed by atoms with Gasteiger partial charge in [0.15, 0.2) is 0 Å².